The highest BCUT2D eigenvalue weighted by Gasteiger charge is 2.31. The Morgan fingerprint density at radius 2 is 2.23 bits per heavy atom. The Hall–Kier alpha value is -1.83. The number of carbonyl (C=O) groups is 1. The van der Waals surface area contributed by atoms with Crippen molar-refractivity contribution in [1.29, 1.82) is 0 Å². The van der Waals surface area contributed by atoms with E-state index >= 15 is 0 Å². The van der Waals surface area contributed by atoms with Crippen LogP contribution in [0.4, 0.5) is 19.0 Å². The van der Waals surface area contributed by atoms with Gasteiger partial charge >= 0.3 is 6.18 Å². The molecule has 5 nitrogen and oxygen atoms in total. The van der Waals surface area contributed by atoms with Gasteiger partial charge in [0.05, 0.1) is 12.1 Å². The highest BCUT2D eigenvalue weighted by atomic mass is 19.4. The molecular weight excluding hydrogens is 297 g/mol. The van der Waals surface area contributed by atoms with Crippen LogP contribution in [0.2, 0.25) is 0 Å². The lowest BCUT2D eigenvalue weighted by Crippen LogP contribution is -2.49. The Kier molecular flexibility index (Phi) is 5.23. The Morgan fingerprint density at radius 3 is 2.82 bits per heavy atom. The van der Waals surface area contributed by atoms with Gasteiger partial charge in [0.1, 0.15) is 5.82 Å². The molecule has 0 radical (unpaired) electrons. The summed E-state index contributed by atoms with van der Waals surface area (Å²) in [5.74, 6) is 0.412. The molecule has 1 aliphatic rings. The van der Waals surface area contributed by atoms with E-state index in [2.05, 4.69) is 15.6 Å². The molecule has 8 heteroatoms. The maximum Gasteiger partial charge on any atom is 0.417 e. The van der Waals surface area contributed by atoms with Crippen LogP contribution in [0.1, 0.15) is 18.4 Å². The fourth-order valence-corrected chi connectivity index (χ4v) is 2.48. The number of nitrogens with zero attached hydrogens (tertiary/aromatic N) is 2. The molecule has 2 N–H and O–H groups in total. The number of likely N-dealkylation sites (N-methyl/N-ethyl adjacent to an activating group) is 1. The number of rotatable bonds is 4. The Labute approximate surface area is 126 Å². The van der Waals surface area contributed by atoms with Crippen LogP contribution in [0.15, 0.2) is 18.3 Å². The standard InChI is InChI=1S/C14H19F3N4O/c1-18-8-13(22)20-11-3-2-6-21(9-11)12-5-4-10(7-19-12)14(15,16)17/h4-5,7,11,18H,2-3,6,8-9H2,1H3,(H,20,22)/t11-/m0/s1. The van der Waals surface area contributed by atoms with Crippen molar-refractivity contribution in [3.05, 3.63) is 23.9 Å². The molecule has 0 unspecified atom stereocenters. The Morgan fingerprint density at radius 1 is 1.45 bits per heavy atom. The number of hydrogen-bond donors (Lipinski definition) is 2. The summed E-state index contributed by atoms with van der Waals surface area (Å²) in [6.07, 6.45) is -1.82. The summed E-state index contributed by atoms with van der Waals surface area (Å²) in [7, 11) is 1.69. The van der Waals surface area contributed by atoms with Gasteiger partial charge in [0.15, 0.2) is 0 Å². The van der Waals surface area contributed by atoms with E-state index in [1.54, 1.807) is 7.05 Å². The molecule has 1 aliphatic heterocycles. The number of carbonyl (C=O) groups excluding carboxylic acids is 1. The van der Waals surface area contributed by atoms with Crippen LogP contribution < -0.4 is 15.5 Å². The lowest BCUT2D eigenvalue weighted by molar-refractivity contribution is -0.137. The van der Waals surface area contributed by atoms with Gasteiger partial charge in [0, 0.05) is 25.3 Å². The highest BCUT2D eigenvalue weighted by Crippen LogP contribution is 2.29. The van der Waals surface area contributed by atoms with Crippen molar-refractivity contribution >= 4 is 11.7 Å². The van der Waals surface area contributed by atoms with Crippen LogP contribution in [-0.2, 0) is 11.0 Å². The molecule has 1 aromatic rings. The predicted octanol–water partition coefficient (Wildman–Crippen LogP) is 1.40. The molecule has 0 bridgehead atoms. The molecule has 1 amide bonds. The van der Waals surface area contributed by atoms with Crippen molar-refractivity contribution < 1.29 is 18.0 Å². The number of piperidine rings is 1. The highest BCUT2D eigenvalue weighted by molar-refractivity contribution is 5.78. The first-order chi connectivity index (χ1) is 10.4. The van der Waals surface area contributed by atoms with Crippen molar-refractivity contribution in [3.8, 4) is 0 Å². The summed E-state index contributed by atoms with van der Waals surface area (Å²) < 4.78 is 37.6. The van der Waals surface area contributed by atoms with Crippen LogP contribution in [0, 0.1) is 0 Å². The third-order valence-electron chi connectivity index (χ3n) is 3.52. The fourth-order valence-electron chi connectivity index (χ4n) is 2.48. The predicted molar refractivity (Wildman–Crippen MR) is 76.5 cm³/mol. The fraction of sp³-hybridized carbons (Fsp3) is 0.571. The monoisotopic (exact) mass is 316 g/mol. The normalized spacial score (nSPS) is 19.1. The molecule has 2 heterocycles. The van der Waals surface area contributed by atoms with Crippen molar-refractivity contribution in [2.24, 2.45) is 0 Å². The van der Waals surface area contributed by atoms with Crippen LogP contribution in [0.5, 0.6) is 0 Å². The molecule has 2 rings (SSSR count). The maximum absolute atomic E-state index is 12.5. The molecule has 22 heavy (non-hydrogen) atoms. The van der Waals surface area contributed by atoms with Gasteiger partial charge in [0.25, 0.3) is 0 Å². The van der Waals surface area contributed by atoms with E-state index < -0.39 is 11.7 Å². The zero-order valence-corrected chi connectivity index (χ0v) is 12.3. The first-order valence-corrected chi connectivity index (χ1v) is 7.12. The molecule has 0 aliphatic carbocycles. The number of hydrogen-bond acceptors (Lipinski definition) is 4. The number of amides is 1. The average molecular weight is 316 g/mol. The molecule has 0 aromatic carbocycles. The minimum absolute atomic E-state index is 0.0151. The van der Waals surface area contributed by atoms with Gasteiger partial charge in [0.2, 0.25) is 5.91 Å². The topological polar surface area (TPSA) is 57.3 Å². The number of alkyl halides is 3. The van der Waals surface area contributed by atoms with Gasteiger partial charge in [-0.05, 0) is 32.0 Å². The first kappa shape index (κ1) is 16.5. The average Bonchev–Trinajstić information content (AvgIpc) is 2.47. The molecule has 1 saturated heterocycles. The second-order valence-corrected chi connectivity index (χ2v) is 5.29. The zero-order chi connectivity index (χ0) is 16.2. The number of nitrogens with one attached hydrogen (secondary N) is 2. The van der Waals surface area contributed by atoms with Crippen molar-refractivity contribution in [3.63, 3.8) is 0 Å². The second-order valence-electron chi connectivity index (χ2n) is 5.29. The van der Waals surface area contributed by atoms with Gasteiger partial charge in [-0.2, -0.15) is 13.2 Å². The summed E-state index contributed by atoms with van der Waals surface area (Å²) in [6, 6.07) is 2.39. The Bertz CT molecular complexity index is 504. The SMILES string of the molecule is CNCC(=O)N[C@H]1CCCN(c2ccc(C(F)(F)F)cn2)C1. The number of aromatic nitrogens is 1. The number of pyridine rings is 1. The number of anilines is 1. The molecular formula is C14H19F3N4O. The van der Waals surface area contributed by atoms with Crippen LogP contribution in [0.25, 0.3) is 0 Å². The van der Waals surface area contributed by atoms with Crippen molar-refractivity contribution in [2.75, 3.05) is 31.6 Å². The molecule has 1 atom stereocenters. The van der Waals surface area contributed by atoms with Gasteiger partial charge in [-0.1, -0.05) is 0 Å². The molecule has 1 fully saturated rings. The molecule has 122 valence electrons. The summed E-state index contributed by atoms with van der Waals surface area (Å²) >= 11 is 0. The van der Waals surface area contributed by atoms with Crippen LogP contribution in [0.3, 0.4) is 0 Å². The van der Waals surface area contributed by atoms with E-state index in [9.17, 15) is 18.0 Å². The van der Waals surface area contributed by atoms with E-state index in [0.717, 1.165) is 31.6 Å². The van der Waals surface area contributed by atoms with Crippen molar-refractivity contribution in [2.45, 2.75) is 25.1 Å². The quantitative estimate of drug-likeness (QED) is 0.882. The van der Waals surface area contributed by atoms with Crippen molar-refractivity contribution in [1.82, 2.24) is 15.6 Å². The molecule has 0 spiro atoms. The third kappa shape index (κ3) is 4.33. The maximum atomic E-state index is 12.5. The largest absolute Gasteiger partial charge is 0.417 e. The second kappa shape index (κ2) is 6.95. The third-order valence-corrected chi connectivity index (χ3v) is 3.52. The van der Waals surface area contributed by atoms with E-state index in [-0.39, 0.29) is 18.5 Å². The zero-order valence-electron chi connectivity index (χ0n) is 12.3. The molecule has 0 saturated carbocycles. The van der Waals surface area contributed by atoms with E-state index in [1.807, 2.05) is 4.90 Å². The summed E-state index contributed by atoms with van der Waals surface area (Å²) in [6.45, 7) is 1.51. The van der Waals surface area contributed by atoms with Gasteiger partial charge in [-0.3, -0.25) is 4.79 Å². The Balaban J connectivity index is 1.98. The minimum atomic E-state index is -4.38. The van der Waals surface area contributed by atoms with Gasteiger partial charge in [-0.25, -0.2) is 4.98 Å². The van der Waals surface area contributed by atoms with E-state index in [4.69, 9.17) is 0 Å². The first-order valence-electron chi connectivity index (χ1n) is 7.12. The molecule has 1 aromatic heterocycles. The summed E-state index contributed by atoms with van der Waals surface area (Å²) in [4.78, 5) is 17.4. The lowest BCUT2D eigenvalue weighted by atomic mass is 10.1. The van der Waals surface area contributed by atoms with Crippen LogP contribution >= 0.6 is 0 Å². The summed E-state index contributed by atoms with van der Waals surface area (Å²) in [5.41, 5.74) is -0.757. The van der Waals surface area contributed by atoms with E-state index in [0.29, 0.717) is 12.4 Å². The van der Waals surface area contributed by atoms with E-state index in [1.165, 1.54) is 6.07 Å². The lowest BCUT2D eigenvalue weighted by Gasteiger charge is -2.34. The smallest absolute Gasteiger partial charge is 0.355 e. The summed E-state index contributed by atoms with van der Waals surface area (Å²) in [5, 5.41) is 5.68. The minimum Gasteiger partial charge on any atom is -0.355 e. The number of halogens is 3. The van der Waals surface area contributed by atoms with Gasteiger partial charge in [-0.15, -0.1) is 0 Å². The van der Waals surface area contributed by atoms with Crippen LogP contribution in [-0.4, -0.2) is 43.6 Å². The van der Waals surface area contributed by atoms with Gasteiger partial charge < -0.3 is 15.5 Å².